The Kier molecular flexibility index (Phi) is 3.98. The molecule has 1 aliphatic rings. The summed E-state index contributed by atoms with van der Waals surface area (Å²) in [6.07, 6.45) is 1.89. The van der Waals surface area contributed by atoms with E-state index in [4.69, 9.17) is 9.63 Å². The lowest BCUT2D eigenvalue weighted by atomic mass is 9.99. The number of hydrogen-bond acceptors (Lipinski definition) is 5. The Hall–Kier alpha value is -2.12. The molecule has 8 nitrogen and oxygen atoms in total. The third-order valence-electron chi connectivity index (χ3n) is 3.06. The van der Waals surface area contributed by atoms with E-state index < -0.39 is 17.9 Å². The summed E-state index contributed by atoms with van der Waals surface area (Å²) >= 11 is 0. The number of aliphatic carboxylic acids is 1. The molecule has 19 heavy (non-hydrogen) atoms. The summed E-state index contributed by atoms with van der Waals surface area (Å²) in [6, 6.07) is -0.364. The number of hydrogen-bond donors (Lipinski definition) is 2. The molecule has 0 aliphatic carbocycles. The maximum atomic E-state index is 11.9. The Balaban J connectivity index is 1.93. The van der Waals surface area contributed by atoms with Crippen LogP contribution < -0.4 is 5.32 Å². The van der Waals surface area contributed by atoms with E-state index >= 15 is 0 Å². The minimum Gasteiger partial charge on any atom is -0.481 e. The molecular weight excluding hydrogens is 252 g/mol. The third kappa shape index (κ3) is 3.21. The molecule has 1 aliphatic heterocycles. The first kappa shape index (κ1) is 13.3. The molecule has 2 N–H and O–H groups in total. The lowest BCUT2D eigenvalue weighted by Crippen LogP contribution is -2.44. The number of amides is 2. The van der Waals surface area contributed by atoms with Crippen molar-refractivity contribution in [2.45, 2.75) is 26.2 Å². The lowest BCUT2D eigenvalue weighted by Gasteiger charge is -2.30. The highest BCUT2D eigenvalue weighted by Crippen LogP contribution is 2.17. The predicted octanol–water partition coefficient (Wildman–Crippen LogP) is 0.960. The Labute approximate surface area is 109 Å². The van der Waals surface area contributed by atoms with Crippen LogP contribution in [0.5, 0.6) is 0 Å². The molecule has 1 saturated heterocycles. The molecule has 0 radical (unpaired) electrons. The first-order chi connectivity index (χ1) is 9.10. The van der Waals surface area contributed by atoms with Crippen molar-refractivity contribution in [1.29, 1.82) is 0 Å². The van der Waals surface area contributed by atoms with Gasteiger partial charge in [-0.25, -0.2) is 4.79 Å². The number of nitrogens with zero attached hydrogens (tertiary/aromatic N) is 3. The summed E-state index contributed by atoms with van der Waals surface area (Å²) in [6.45, 7) is 2.61. The number of rotatable bonds is 3. The average molecular weight is 268 g/mol. The number of carboxylic acids is 1. The van der Waals surface area contributed by atoms with Crippen molar-refractivity contribution in [3.05, 3.63) is 5.82 Å². The SMILES string of the molecule is CCc1noc(NC(=O)N2CCCC(C(=O)O)C2)n1. The van der Waals surface area contributed by atoms with Crippen molar-refractivity contribution in [3.63, 3.8) is 0 Å². The van der Waals surface area contributed by atoms with Gasteiger partial charge in [-0.05, 0) is 12.8 Å². The van der Waals surface area contributed by atoms with E-state index in [0.29, 0.717) is 31.6 Å². The van der Waals surface area contributed by atoms with E-state index in [1.54, 1.807) is 0 Å². The van der Waals surface area contributed by atoms with Gasteiger partial charge in [0.1, 0.15) is 0 Å². The fraction of sp³-hybridized carbons (Fsp3) is 0.636. The summed E-state index contributed by atoms with van der Waals surface area (Å²) < 4.78 is 4.86. The molecule has 0 aromatic carbocycles. The second-order valence-electron chi connectivity index (χ2n) is 4.42. The number of aromatic nitrogens is 2. The van der Waals surface area contributed by atoms with Gasteiger partial charge >= 0.3 is 18.0 Å². The second kappa shape index (κ2) is 5.68. The highest BCUT2D eigenvalue weighted by molar-refractivity contribution is 5.87. The fourth-order valence-corrected chi connectivity index (χ4v) is 1.98. The van der Waals surface area contributed by atoms with Crippen molar-refractivity contribution >= 4 is 18.0 Å². The van der Waals surface area contributed by atoms with Gasteiger partial charge in [0, 0.05) is 19.5 Å². The predicted molar refractivity (Wildman–Crippen MR) is 64.6 cm³/mol. The van der Waals surface area contributed by atoms with Gasteiger partial charge in [0.25, 0.3) is 0 Å². The van der Waals surface area contributed by atoms with Gasteiger partial charge in [-0.15, -0.1) is 0 Å². The molecule has 1 aromatic rings. The molecular formula is C11H16N4O4. The Bertz CT molecular complexity index is 473. The fourth-order valence-electron chi connectivity index (χ4n) is 1.98. The standard InChI is InChI=1S/C11H16N4O4/c1-2-8-12-10(19-14-8)13-11(18)15-5-3-4-7(6-15)9(16)17/h7H,2-6H2,1H3,(H,16,17)(H,12,13,14,18). The van der Waals surface area contributed by atoms with Crippen LogP contribution in [0.25, 0.3) is 0 Å². The summed E-state index contributed by atoms with van der Waals surface area (Å²) in [7, 11) is 0. The van der Waals surface area contributed by atoms with Crippen molar-refractivity contribution in [2.24, 2.45) is 5.92 Å². The molecule has 0 bridgehead atoms. The van der Waals surface area contributed by atoms with Crippen molar-refractivity contribution in [2.75, 3.05) is 18.4 Å². The topological polar surface area (TPSA) is 109 Å². The minimum atomic E-state index is -0.872. The molecule has 1 fully saturated rings. The van der Waals surface area contributed by atoms with Crippen LogP contribution in [-0.2, 0) is 11.2 Å². The van der Waals surface area contributed by atoms with Crippen molar-refractivity contribution in [1.82, 2.24) is 15.0 Å². The van der Waals surface area contributed by atoms with Crippen LogP contribution in [0.15, 0.2) is 4.52 Å². The number of anilines is 1. The molecule has 104 valence electrons. The largest absolute Gasteiger partial charge is 0.481 e. The summed E-state index contributed by atoms with van der Waals surface area (Å²) in [4.78, 5) is 28.3. The Morgan fingerprint density at radius 1 is 1.58 bits per heavy atom. The second-order valence-corrected chi connectivity index (χ2v) is 4.42. The first-order valence-corrected chi connectivity index (χ1v) is 6.21. The molecule has 1 atom stereocenters. The van der Waals surface area contributed by atoms with Crippen LogP contribution in [0.1, 0.15) is 25.6 Å². The number of urea groups is 1. The molecule has 0 saturated carbocycles. The van der Waals surface area contributed by atoms with E-state index in [0.717, 1.165) is 0 Å². The highest BCUT2D eigenvalue weighted by Gasteiger charge is 2.28. The zero-order valence-electron chi connectivity index (χ0n) is 10.6. The third-order valence-corrected chi connectivity index (χ3v) is 3.06. The number of carboxylic acid groups (broad SMARTS) is 1. The lowest BCUT2D eigenvalue weighted by molar-refractivity contribution is -0.143. The summed E-state index contributed by atoms with van der Waals surface area (Å²) in [5.74, 6) is -0.866. The summed E-state index contributed by atoms with van der Waals surface area (Å²) in [5, 5.41) is 15.1. The van der Waals surface area contributed by atoms with Gasteiger partial charge in [0.2, 0.25) is 0 Å². The van der Waals surface area contributed by atoms with E-state index in [1.165, 1.54) is 4.90 Å². The molecule has 2 amide bonds. The van der Waals surface area contributed by atoms with Crippen molar-refractivity contribution < 1.29 is 19.2 Å². The van der Waals surface area contributed by atoms with E-state index in [9.17, 15) is 9.59 Å². The number of carbonyl (C=O) groups excluding carboxylic acids is 1. The van der Waals surface area contributed by atoms with Gasteiger partial charge in [-0.2, -0.15) is 4.98 Å². The summed E-state index contributed by atoms with van der Waals surface area (Å²) in [5.41, 5.74) is 0. The highest BCUT2D eigenvalue weighted by atomic mass is 16.5. The van der Waals surface area contributed by atoms with E-state index in [2.05, 4.69) is 15.5 Å². The first-order valence-electron chi connectivity index (χ1n) is 6.21. The zero-order chi connectivity index (χ0) is 13.8. The molecule has 2 heterocycles. The maximum Gasteiger partial charge on any atom is 0.329 e. The number of nitrogens with one attached hydrogen (secondary N) is 1. The smallest absolute Gasteiger partial charge is 0.329 e. The van der Waals surface area contributed by atoms with Crippen LogP contribution in [0.3, 0.4) is 0 Å². The quantitative estimate of drug-likeness (QED) is 0.845. The molecule has 1 aromatic heterocycles. The molecule has 8 heteroatoms. The van der Waals surface area contributed by atoms with E-state index in [-0.39, 0.29) is 12.6 Å². The molecule has 1 unspecified atom stereocenters. The average Bonchev–Trinajstić information content (AvgIpc) is 2.86. The molecule has 2 rings (SSSR count). The Morgan fingerprint density at radius 2 is 2.37 bits per heavy atom. The van der Waals surface area contributed by atoms with E-state index in [1.807, 2.05) is 6.92 Å². The maximum absolute atomic E-state index is 11.9. The Morgan fingerprint density at radius 3 is 3.00 bits per heavy atom. The van der Waals surface area contributed by atoms with Gasteiger partial charge in [-0.3, -0.25) is 10.1 Å². The van der Waals surface area contributed by atoms with Crippen LogP contribution in [0.2, 0.25) is 0 Å². The number of aryl methyl sites for hydroxylation is 1. The normalized spacial score (nSPS) is 19.2. The van der Waals surface area contributed by atoms with Crippen molar-refractivity contribution in [3.8, 4) is 0 Å². The zero-order valence-corrected chi connectivity index (χ0v) is 10.6. The number of piperidine rings is 1. The van der Waals surface area contributed by atoms with Gasteiger partial charge in [-0.1, -0.05) is 12.1 Å². The number of carbonyl (C=O) groups is 2. The van der Waals surface area contributed by atoms with Crippen LogP contribution in [0, 0.1) is 5.92 Å². The van der Waals surface area contributed by atoms with Gasteiger partial charge in [0.15, 0.2) is 5.82 Å². The monoisotopic (exact) mass is 268 g/mol. The minimum absolute atomic E-state index is 0.0410. The van der Waals surface area contributed by atoms with Crippen LogP contribution >= 0.6 is 0 Å². The van der Waals surface area contributed by atoms with Gasteiger partial charge in [0.05, 0.1) is 5.92 Å². The number of likely N-dealkylation sites (tertiary alicyclic amines) is 1. The van der Waals surface area contributed by atoms with Crippen LogP contribution in [0.4, 0.5) is 10.8 Å². The molecule has 0 spiro atoms. The van der Waals surface area contributed by atoms with Crippen LogP contribution in [-0.4, -0.2) is 45.2 Å². The van der Waals surface area contributed by atoms with Gasteiger partial charge < -0.3 is 14.5 Å².